The van der Waals surface area contributed by atoms with Crippen molar-refractivity contribution in [2.45, 2.75) is 25.3 Å². The van der Waals surface area contributed by atoms with Crippen LogP contribution in [0, 0.1) is 5.92 Å². The van der Waals surface area contributed by atoms with Crippen LogP contribution in [0.15, 0.2) is 24.8 Å². The molecule has 0 aromatic carbocycles. The van der Waals surface area contributed by atoms with Crippen molar-refractivity contribution in [3.05, 3.63) is 24.8 Å². The molecule has 0 bridgehead atoms. The highest BCUT2D eigenvalue weighted by Crippen LogP contribution is 2.21. The summed E-state index contributed by atoms with van der Waals surface area (Å²) in [6.07, 6.45) is 8.68. The fourth-order valence-corrected chi connectivity index (χ4v) is 1.79. The second-order valence-corrected chi connectivity index (χ2v) is 3.56. The monoisotopic (exact) mass is 195 g/mol. The molecular weight excluding hydrogens is 178 g/mol. The first-order chi connectivity index (χ1) is 6.75. The number of aliphatic carboxylic acids is 1. The summed E-state index contributed by atoms with van der Waals surface area (Å²) < 4.78 is 0. The lowest BCUT2D eigenvalue weighted by atomic mass is 9.87. The minimum atomic E-state index is -0.757. The maximum Gasteiger partial charge on any atom is 0.321 e. The summed E-state index contributed by atoms with van der Waals surface area (Å²) in [5.41, 5.74) is 0. The van der Waals surface area contributed by atoms with Gasteiger partial charge in [0.05, 0.1) is 0 Å². The molecule has 0 aromatic rings. The van der Waals surface area contributed by atoms with Crippen LogP contribution in [0.2, 0.25) is 0 Å². The fraction of sp³-hybridized carbons (Fsp3) is 0.545. The van der Waals surface area contributed by atoms with Gasteiger partial charge in [0.25, 0.3) is 0 Å². The van der Waals surface area contributed by atoms with E-state index in [1.807, 2.05) is 0 Å². The third-order valence-corrected chi connectivity index (χ3v) is 2.53. The van der Waals surface area contributed by atoms with E-state index < -0.39 is 12.0 Å². The van der Waals surface area contributed by atoms with Gasteiger partial charge >= 0.3 is 5.97 Å². The molecule has 2 N–H and O–H groups in total. The van der Waals surface area contributed by atoms with Crippen LogP contribution in [0.5, 0.6) is 0 Å². The van der Waals surface area contributed by atoms with Crippen LogP contribution >= 0.6 is 0 Å². The molecule has 14 heavy (non-hydrogen) atoms. The van der Waals surface area contributed by atoms with Gasteiger partial charge in [-0.2, -0.15) is 0 Å². The van der Waals surface area contributed by atoms with Gasteiger partial charge < -0.3 is 10.4 Å². The third kappa shape index (κ3) is 3.00. The number of allylic oxidation sites excluding steroid dienone is 2. The average molecular weight is 195 g/mol. The first-order valence-electron chi connectivity index (χ1n) is 4.97. The molecule has 3 nitrogen and oxygen atoms in total. The standard InChI is InChI=1S/C11H17NO2/c1-2-8-12-10(11(13)14)9-6-4-3-5-7-9/h2-4,9-10,12H,1,5-8H2,(H,13,14). The van der Waals surface area contributed by atoms with E-state index in [0.29, 0.717) is 6.54 Å². The predicted molar refractivity (Wildman–Crippen MR) is 56.1 cm³/mol. The largest absolute Gasteiger partial charge is 0.480 e. The average Bonchev–Trinajstić information content (AvgIpc) is 2.19. The zero-order valence-corrected chi connectivity index (χ0v) is 8.28. The van der Waals surface area contributed by atoms with Crippen molar-refractivity contribution in [1.82, 2.24) is 5.32 Å². The summed E-state index contributed by atoms with van der Waals surface area (Å²) in [4.78, 5) is 11.0. The predicted octanol–water partition coefficient (Wildman–Crippen LogP) is 1.57. The van der Waals surface area contributed by atoms with E-state index >= 15 is 0 Å². The Bertz CT molecular complexity index is 235. The molecule has 0 saturated carbocycles. The molecule has 1 rings (SSSR count). The van der Waals surface area contributed by atoms with Gasteiger partial charge in [-0.05, 0) is 25.2 Å². The van der Waals surface area contributed by atoms with Gasteiger partial charge in [0, 0.05) is 6.54 Å². The summed E-state index contributed by atoms with van der Waals surface area (Å²) in [7, 11) is 0. The molecule has 3 heteroatoms. The summed E-state index contributed by atoms with van der Waals surface area (Å²) in [6, 6.07) is -0.432. The van der Waals surface area contributed by atoms with Crippen molar-refractivity contribution < 1.29 is 9.90 Å². The quantitative estimate of drug-likeness (QED) is 0.655. The fourth-order valence-electron chi connectivity index (χ4n) is 1.79. The number of carboxylic acid groups (broad SMARTS) is 1. The lowest BCUT2D eigenvalue weighted by Gasteiger charge is -2.25. The second-order valence-electron chi connectivity index (χ2n) is 3.56. The van der Waals surface area contributed by atoms with Crippen molar-refractivity contribution in [1.29, 1.82) is 0 Å². The molecule has 0 radical (unpaired) electrons. The van der Waals surface area contributed by atoms with Gasteiger partial charge in [-0.25, -0.2) is 0 Å². The Morgan fingerprint density at radius 1 is 1.71 bits per heavy atom. The number of nitrogens with one attached hydrogen (secondary N) is 1. The normalized spacial score (nSPS) is 23.0. The van der Waals surface area contributed by atoms with Crippen LogP contribution in [0.3, 0.4) is 0 Å². The van der Waals surface area contributed by atoms with Crippen LogP contribution in [-0.2, 0) is 4.79 Å². The van der Waals surface area contributed by atoms with Crippen LogP contribution in [-0.4, -0.2) is 23.7 Å². The minimum Gasteiger partial charge on any atom is -0.480 e. The summed E-state index contributed by atoms with van der Waals surface area (Å²) in [5, 5.41) is 12.0. The number of carboxylic acids is 1. The van der Waals surface area contributed by atoms with Gasteiger partial charge in [-0.15, -0.1) is 6.58 Å². The SMILES string of the molecule is C=CCNC(C(=O)O)C1CC=CCC1. The minimum absolute atomic E-state index is 0.220. The van der Waals surface area contributed by atoms with Crippen molar-refractivity contribution in [3.63, 3.8) is 0 Å². The molecule has 0 aliphatic heterocycles. The zero-order chi connectivity index (χ0) is 10.4. The van der Waals surface area contributed by atoms with E-state index in [1.165, 1.54) is 0 Å². The molecule has 1 aliphatic carbocycles. The highest BCUT2D eigenvalue weighted by Gasteiger charge is 2.26. The first-order valence-corrected chi connectivity index (χ1v) is 4.97. The number of hydrogen-bond donors (Lipinski definition) is 2. The van der Waals surface area contributed by atoms with Gasteiger partial charge in [-0.3, -0.25) is 4.79 Å². The topological polar surface area (TPSA) is 49.3 Å². The van der Waals surface area contributed by atoms with Gasteiger partial charge in [0.1, 0.15) is 6.04 Å². The van der Waals surface area contributed by atoms with Crippen molar-refractivity contribution in [3.8, 4) is 0 Å². The molecule has 0 amide bonds. The number of rotatable bonds is 5. The van der Waals surface area contributed by atoms with Crippen molar-refractivity contribution in [2.75, 3.05) is 6.54 Å². The number of carbonyl (C=O) groups is 1. The molecular formula is C11H17NO2. The number of hydrogen-bond acceptors (Lipinski definition) is 2. The Morgan fingerprint density at radius 2 is 2.50 bits per heavy atom. The molecule has 0 heterocycles. The van der Waals surface area contributed by atoms with Crippen LogP contribution in [0.4, 0.5) is 0 Å². The summed E-state index contributed by atoms with van der Waals surface area (Å²) >= 11 is 0. The Kier molecular flexibility index (Phi) is 4.40. The molecule has 1 aliphatic rings. The van der Waals surface area contributed by atoms with Gasteiger partial charge in [0.15, 0.2) is 0 Å². The third-order valence-electron chi connectivity index (χ3n) is 2.53. The Morgan fingerprint density at radius 3 is 3.00 bits per heavy atom. The maximum atomic E-state index is 11.0. The van der Waals surface area contributed by atoms with Crippen molar-refractivity contribution >= 4 is 5.97 Å². The van der Waals surface area contributed by atoms with Crippen LogP contribution in [0.1, 0.15) is 19.3 Å². The molecule has 2 atom stereocenters. The summed E-state index contributed by atoms with van der Waals surface area (Å²) in [6.45, 7) is 4.12. The van der Waals surface area contributed by atoms with Gasteiger partial charge in [0.2, 0.25) is 0 Å². The summed E-state index contributed by atoms with van der Waals surface area (Å²) in [5.74, 6) is -0.537. The van der Waals surface area contributed by atoms with E-state index in [4.69, 9.17) is 5.11 Å². The lowest BCUT2D eigenvalue weighted by Crippen LogP contribution is -2.43. The Balaban J connectivity index is 2.52. The van der Waals surface area contributed by atoms with E-state index in [1.54, 1.807) is 6.08 Å². The molecule has 78 valence electrons. The van der Waals surface area contributed by atoms with E-state index in [0.717, 1.165) is 19.3 Å². The highest BCUT2D eigenvalue weighted by atomic mass is 16.4. The maximum absolute atomic E-state index is 11.0. The van der Waals surface area contributed by atoms with E-state index in [-0.39, 0.29) is 5.92 Å². The van der Waals surface area contributed by atoms with E-state index in [2.05, 4.69) is 24.0 Å². The lowest BCUT2D eigenvalue weighted by molar-refractivity contribution is -0.141. The van der Waals surface area contributed by atoms with Crippen LogP contribution < -0.4 is 5.32 Å². The smallest absolute Gasteiger partial charge is 0.321 e. The molecule has 0 fully saturated rings. The molecule has 0 saturated heterocycles. The zero-order valence-electron chi connectivity index (χ0n) is 8.28. The highest BCUT2D eigenvalue weighted by molar-refractivity contribution is 5.74. The Hall–Kier alpha value is -1.09. The molecule has 0 spiro atoms. The van der Waals surface area contributed by atoms with Gasteiger partial charge in [-0.1, -0.05) is 18.2 Å². The second kappa shape index (κ2) is 5.60. The van der Waals surface area contributed by atoms with E-state index in [9.17, 15) is 4.79 Å². The first kappa shape index (κ1) is 11.0. The Labute approximate surface area is 84.5 Å². The molecule has 2 unspecified atom stereocenters. The molecule has 0 aromatic heterocycles. The van der Waals surface area contributed by atoms with Crippen LogP contribution in [0.25, 0.3) is 0 Å². The van der Waals surface area contributed by atoms with Crippen molar-refractivity contribution in [2.24, 2.45) is 5.92 Å².